The molecule has 0 atom stereocenters. The second kappa shape index (κ2) is 15.4. The molecule has 0 aliphatic heterocycles. The Morgan fingerprint density at radius 3 is 1.05 bits per heavy atom. The standard InChI is InChI=1S/C24H44N10S4/c1-13(2)25-19-27-21(33(15(5)6)16(7)8)31-23(29-19)35-37-38-36-24-30-20(26-14(3)4)28-22(32-24)34(17(9)10)18(11)12/h13-18H,1-12H3,(H,25,27,29,31)(H,26,28,30,32). The molecular weight excluding hydrogens is 557 g/mol. The van der Waals surface area contributed by atoms with Gasteiger partial charge in [-0.3, -0.25) is 0 Å². The maximum Gasteiger partial charge on any atom is 0.231 e. The fraction of sp³-hybridized carbons (Fsp3) is 0.750. The maximum absolute atomic E-state index is 4.78. The fourth-order valence-electron chi connectivity index (χ4n) is 3.85. The summed E-state index contributed by atoms with van der Waals surface area (Å²) >= 11 is 0. The van der Waals surface area contributed by atoms with Crippen LogP contribution in [-0.2, 0) is 0 Å². The normalized spacial score (nSPS) is 11.9. The van der Waals surface area contributed by atoms with Crippen LogP contribution in [0, 0.1) is 0 Å². The molecule has 14 heteroatoms. The zero-order valence-electron chi connectivity index (χ0n) is 24.7. The highest BCUT2D eigenvalue weighted by Crippen LogP contribution is 2.48. The van der Waals surface area contributed by atoms with E-state index in [2.05, 4.69) is 113 Å². The summed E-state index contributed by atoms with van der Waals surface area (Å²) in [7, 11) is 6.16. The predicted octanol–water partition coefficient (Wildman–Crippen LogP) is 7.04. The van der Waals surface area contributed by atoms with E-state index in [9.17, 15) is 0 Å². The van der Waals surface area contributed by atoms with Gasteiger partial charge in [0.05, 0.1) is 0 Å². The largest absolute Gasteiger partial charge is 0.352 e. The van der Waals surface area contributed by atoms with Gasteiger partial charge in [-0.05, 0) is 124 Å². The molecule has 10 nitrogen and oxygen atoms in total. The van der Waals surface area contributed by atoms with Crippen molar-refractivity contribution in [2.45, 2.75) is 130 Å². The van der Waals surface area contributed by atoms with Crippen LogP contribution in [-0.4, -0.2) is 66.2 Å². The van der Waals surface area contributed by atoms with E-state index in [0.29, 0.717) is 34.1 Å². The average Bonchev–Trinajstić information content (AvgIpc) is 2.74. The first kappa shape index (κ1) is 32.8. The van der Waals surface area contributed by atoms with E-state index in [1.165, 1.54) is 21.6 Å². The first-order valence-electron chi connectivity index (χ1n) is 13.1. The average molecular weight is 601 g/mol. The molecule has 0 aliphatic carbocycles. The molecule has 2 rings (SSSR count). The van der Waals surface area contributed by atoms with Crippen LogP contribution in [0.3, 0.4) is 0 Å². The molecule has 0 amide bonds. The fourth-order valence-corrected chi connectivity index (χ4v) is 8.58. The number of aromatic nitrogens is 6. The highest BCUT2D eigenvalue weighted by atomic mass is 33.7. The Labute approximate surface area is 244 Å². The smallest absolute Gasteiger partial charge is 0.231 e. The quantitative estimate of drug-likeness (QED) is 0.161. The van der Waals surface area contributed by atoms with Crippen molar-refractivity contribution in [1.29, 1.82) is 0 Å². The summed E-state index contributed by atoms with van der Waals surface area (Å²) < 4.78 is 0. The summed E-state index contributed by atoms with van der Waals surface area (Å²) in [6.07, 6.45) is 0. The van der Waals surface area contributed by atoms with Gasteiger partial charge in [0, 0.05) is 36.3 Å². The minimum atomic E-state index is 0.218. The van der Waals surface area contributed by atoms with Gasteiger partial charge in [-0.2, -0.15) is 29.9 Å². The molecule has 0 radical (unpaired) electrons. The number of hydrogen-bond acceptors (Lipinski definition) is 14. The maximum atomic E-state index is 4.78. The number of hydrogen-bond donors (Lipinski definition) is 2. The van der Waals surface area contributed by atoms with Gasteiger partial charge in [0.25, 0.3) is 0 Å². The van der Waals surface area contributed by atoms with Crippen LogP contribution in [0.15, 0.2) is 10.3 Å². The highest BCUT2D eigenvalue weighted by Gasteiger charge is 2.22. The van der Waals surface area contributed by atoms with Crippen molar-refractivity contribution in [3.63, 3.8) is 0 Å². The van der Waals surface area contributed by atoms with Crippen LogP contribution >= 0.6 is 41.2 Å². The molecule has 0 aromatic carbocycles. The summed E-state index contributed by atoms with van der Waals surface area (Å²) in [6.45, 7) is 25.5. The molecule has 38 heavy (non-hydrogen) atoms. The number of anilines is 4. The van der Waals surface area contributed by atoms with Gasteiger partial charge in [-0.15, -0.1) is 0 Å². The second-order valence-electron chi connectivity index (χ2n) is 10.6. The monoisotopic (exact) mass is 600 g/mol. The molecule has 2 aromatic rings. The Bertz CT molecular complexity index is 909. The molecule has 2 N–H and O–H groups in total. The van der Waals surface area contributed by atoms with E-state index < -0.39 is 0 Å². The van der Waals surface area contributed by atoms with E-state index >= 15 is 0 Å². The molecule has 0 saturated heterocycles. The molecule has 0 bridgehead atoms. The van der Waals surface area contributed by atoms with Crippen molar-refractivity contribution < 1.29 is 0 Å². The molecule has 2 heterocycles. The third kappa shape index (κ3) is 10.3. The molecule has 0 spiro atoms. The predicted molar refractivity (Wildman–Crippen MR) is 170 cm³/mol. The van der Waals surface area contributed by atoms with Gasteiger partial charge in [0.15, 0.2) is 0 Å². The van der Waals surface area contributed by atoms with E-state index in [1.807, 2.05) is 0 Å². The van der Waals surface area contributed by atoms with Gasteiger partial charge in [0.1, 0.15) is 0 Å². The topological polar surface area (TPSA) is 108 Å². The lowest BCUT2D eigenvalue weighted by atomic mass is 10.2. The van der Waals surface area contributed by atoms with Crippen molar-refractivity contribution in [1.82, 2.24) is 29.9 Å². The molecule has 0 unspecified atom stereocenters. The van der Waals surface area contributed by atoms with Gasteiger partial charge in [-0.1, -0.05) is 0 Å². The van der Waals surface area contributed by atoms with Crippen molar-refractivity contribution in [3.05, 3.63) is 0 Å². The Hall–Kier alpha value is -1.38. The Morgan fingerprint density at radius 1 is 0.474 bits per heavy atom. The van der Waals surface area contributed by atoms with Crippen molar-refractivity contribution in [2.75, 3.05) is 20.4 Å². The Balaban J connectivity index is 2.21. The summed E-state index contributed by atoms with van der Waals surface area (Å²) in [4.78, 5) is 32.6. The molecule has 0 saturated carbocycles. The summed E-state index contributed by atoms with van der Waals surface area (Å²) in [5.41, 5.74) is 0. The molecule has 2 aromatic heterocycles. The van der Waals surface area contributed by atoms with Gasteiger partial charge in [0.2, 0.25) is 34.1 Å². The SMILES string of the molecule is CC(C)Nc1nc(SSSSc2nc(NC(C)C)nc(N(C(C)C)C(C)C)n2)nc(N(C(C)C)C(C)C)n1. The highest BCUT2D eigenvalue weighted by molar-refractivity contribution is 9.26. The third-order valence-corrected chi connectivity index (χ3v) is 10.5. The minimum Gasteiger partial charge on any atom is -0.352 e. The van der Waals surface area contributed by atoms with Gasteiger partial charge >= 0.3 is 0 Å². The molecule has 214 valence electrons. The second-order valence-corrected chi connectivity index (χ2v) is 16.2. The van der Waals surface area contributed by atoms with E-state index in [4.69, 9.17) is 19.9 Å². The molecule has 0 fully saturated rings. The van der Waals surface area contributed by atoms with Crippen LogP contribution in [0.5, 0.6) is 0 Å². The lowest BCUT2D eigenvalue weighted by molar-refractivity contribution is 0.584. The number of rotatable bonds is 15. The van der Waals surface area contributed by atoms with Crippen LogP contribution in [0.4, 0.5) is 23.8 Å². The number of nitrogens with zero attached hydrogens (tertiary/aromatic N) is 8. The molecular formula is C24H44N10S4. The first-order valence-corrected chi connectivity index (χ1v) is 17.9. The van der Waals surface area contributed by atoms with Crippen LogP contribution < -0.4 is 20.4 Å². The third-order valence-electron chi connectivity index (χ3n) is 4.97. The minimum absolute atomic E-state index is 0.218. The Morgan fingerprint density at radius 2 is 0.789 bits per heavy atom. The summed E-state index contributed by atoms with van der Waals surface area (Å²) in [5.74, 6) is 2.54. The summed E-state index contributed by atoms with van der Waals surface area (Å²) in [5, 5.41) is 7.98. The zero-order chi connectivity index (χ0) is 28.6. The van der Waals surface area contributed by atoms with Crippen LogP contribution in [0.25, 0.3) is 0 Å². The molecule has 0 aliphatic rings. The lowest BCUT2D eigenvalue weighted by Gasteiger charge is -2.31. The van der Waals surface area contributed by atoms with Crippen LogP contribution in [0.2, 0.25) is 0 Å². The lowest BCUT2D eigenvalue weighted by Crippen LogP contribution is -2.38. The summed E-state index contributed by atoms with van der Waals surface area (Å²) in [6, 6.07) is 1.50. The van der Waals surface area contributed by atoms with Crippen LogP contribution in [0.1, 0.15) is 83.1 Å². The zero-order valence-corrected chi connectivity index (χ0v) is 27.9. The van der Waals surface area contributed by atoms with Crippen molar-refractivity contribution in [2.24, 2.45) is 0 Å². The van der Waals surface area contributed by atoms with Gasteiger partial charge < -0.3 is 20.4 Å². The van der Waals surface area contributed by atoms with Crippen molar-refractivity contribution in [3.8, 4) is 0 Å². The van der Waals surface area contributed by atoms with Crippen molar-refractivity contribution >= 4 is 65.0 Å². The van der Waals surface area contributed by atoms with E-state index in [1.54, 1.807) is 19.7 Å². The van der Waals surface area contributed by atoms with E-state index in [0.717, 1.165) is 0 Å². The van der Waals surface area contributed by atoms with E-state index in [-0.39, 0.29) is 36.3 Å². The first-order chi connectivity index (χ1) is 17.8. The van der Waals surface area contributed by atoms with Gasteiger partial charge in [-0.25, -0.2) is 0 Å². The Kier molecular flexibility index (Phi) is 13.3. The number of nitrogens with one attached hydrogen (secondary N) is 2.